The van der Waals surface area contributed by atoms with E-state index in [-0.39, 0.29) is 18.2 Å². The van der Waals surface area contributed by atoms with E-state index in [0.29, 0.717) is 5.69 Å². The smallest absolute Gasteiger partial charge is 0.256 e. The number of nitrogens with zero attached hydrogens (tertiary/aromatic N) is 1. The van der Waals surface area contributed by atoms with E-state index in [0.717, 1.165) is 14.6 Å². The van der Waals surface area contributed by atoms with E-state index in [1.165, 1.54) is 4.90 Å². The van der Waals surface area contributed by atoms with Crippen LogP contribution in [-0.4, -0.2) is 17.9 Å². The van der Waals surface area contributed by atoms with Crippen LogP contribution >= 0.6 is 31.9 Å². The number of imide groups is 1. The fourth-order valence-electron chi connectivity index (χ4n) is 2.37. The minimum atomic E-state index is -0.546. The zero-order chi connectivity index (χ0) is 15.7. The van der Waals surface area contributed by atoms with E-state index in [9.17, 15) is 9.59 Å². The molecule has 22 heavy (non-hydrogen) atoms. The van der Waals surface area contributed by atoms with Gasteiger partial charge in [-0.15, -0.1) is 0 Å². The average Bonchev–Trinajstić information content (AvgIpc) is 2.77. The molecule has 0 saturated carbocycles. The SMILES string of the molecule is O=C1CC(Nc2ccccc2Br)C(=O)N1c1ccc(Br)cc1. The van der Waals surface area contributed by atoms with E-state index < -0.39 is 6.04 Å². The predicted octanol–water partition coefficient (Wildman–Crippen LogP) is 3.96. The molecule has 2 aromatic rings. The number of rotatable bonds is 3. The second-order valence-electron chi connectivity index (χ2n) is 4.92. The van der Waals surface area contributed by atoms with Crippen LogP contribution in [0.4, 0.5) is 11.4 Å². The monoisotopic (exact) mass is 422 g/mol. The Labute approximate surface area is 144 Å². The van der Waals surface area contributed by atoms with Gasteiger partial charge in [0.2, 0.25) is 5.91 Å². The first kappa shape index (κ1) is 15.2. The van der Waals surface area contributed by atoms with Gasteiger partial charge in [-0.1, -0.05) is 28.1 Å². The van der Waals surface area contributed by atoms with Crippen LogP contribution < -0.4 is 10.2 Å². The number of hydrogen-bond acceptors (Lipinski definition) is 3. The average molecular weight is 424 g/mol. The standard InChI is InChI=1S/C16H12Br2N2O2/c17-10-5-7-11(8-6-10)20-15(21)9-14(16(20)22)19-13-4-2-1-3-12(13)18/h1-8,14,19H,9H2. The molecule has 0 radical (unpaired) electrons. The van der Waals surface area contributed by atoms with Gasteiger partial charge in [0.15, 0.2) is 0 Å². The van der Waals surface area contributed by atoms with Gasteiger partial charge >= 0.3 is 0 Å². The topological polar surface area (TPSA) is 49.4 Å². The van der Waals surface area contributed by atoms with Crippen molar-refractivity contribution in [2.24, 2.45) is 0 Å². The largest absolute Gasteiger partial charge is 0.372 e. The van der Waals surface area contributed by atoms with Crippen LogP contribution in [0.5, 0.6) is 0 Å². The Hall–Kier alpha value is -1.66. The maximum absolute atomic E-state index is 12.5. The van der Waals surface area contributed by atoms with Crippen molar-refractivity contribution in [1.82, 2.24) is 0 Å². The normalized spacial score (nSPS) is 17.9. The zero-order valence-corrected chi connectivity index (χ0v) is 14.6. The van der Waals surface area contributed by atoms with Gasteiger partial charge in [0.05, 0.1) is 12.1 Å². The van der Waals surface area contributed by atoms with Crippen LogP contribution in [0.15, 0.2) is 57.5 Å². The van der Waals surface area contributed by atoms with Gasteiger partial charge in [-0.3, -0.25) is 9.59 Å². The fourth-order valence-corrected chi connectivity index (χ4v) is 3.04. The summed E-state index contributed by atoms with van der Waals surface area (Å²) in [6, 6.07) is 14.1. The molecule has 2 aromatic carbocycles. The molecule has 6 heteroatoms. The zero-order valence-electron chi connectivity index (χ0n) is 11.4. The molecule has 1 atom stereocenters. The predicted molar refractivity (Wildman–Crippen MR) is 92.8 cm³/mol. The number of anilines is 2. The molecule has 1 unspecified atom stereocenters. The number of para-hydroxylation sites is 1. The van der Waals surface area contributed by atoms with Crippen molar-refractivity contribution in [2.45, 2.75) is 12.5 Å². The lowest BCUT2D eigenvalue weighted by Crippen LogP contribution is -2.34. The van der Waals surface area contributed by atoms with Gasteiger partial charge in [0.25, 0.3) is 5.91 Å². The lowest BCUT2D eigenvalue weighted by Gasteiger charge is -2.16. The molecular weight excluding hydrogens is 412 g/mol. The summed E-state index contributed by atoms with van der Waals surface area (Å²) in [6.45, 7) is 0. The molecule has 0 spiro atoms. The van der Waals surface area contributed by atoms with Gasteiger partial charge in [-0.05, 0) is 52.3 Å². The van der Waals surface area contributed by atoms with Crippen molar-refractivity contribution in [3.8, 4) is 0 Å². The molecule has 112 valence electrons. The van der Waals surface area contributed by atoms with Crippen molar-refractivity contribution in [3.63, 3.8) is 0 Å². The summed E-state index contributed by atoms with van der Waals surface area (Å²) in [7, 11) is 0. The molecule has 1 saturated heterocycles. The minimum absolute atomic E-state index is 0.149. The van der Waals surface area contributed by atoms with Crippen molar-refractivity contribution in [1.29, 1.82) is 0 Å². The third kappa shape index (κ3) is 2.94. The van der Waals surface area contributed by atoms with Crippen LogP contribution in [0.1, 0.15) is 6.42 Å². The highest BCUT2D eigenvalue weighted by Gasteiger charge is 2.39. The number of carbonyl (C=O) groups excluding carboxylic acids is 2. The highest BCUT2D eigenvalue weighted by molar-refractivity contribution is 9.10. The van der Waals surface area contributed by atoms with Gasteiger partial charge in [0, 0.05) is 14.6 Å². The number of benzene rings is 2. The summed E-state index contributed by atoms with van der Waals surface area (Å²) in [5.74, 6) is -0.431. The van der Waals surface area contributed by atoms with Crippen LogP contribution in [0, 0.1) is 0 Å². The lowest BCUT2D eigenvalue weighted by atomic mass is 10.2. The first-order chi connectivity index (χ1) is 10.6. The van der Waals surface area contributed by atoms with Crippen molar-refractivity contribution >= 4 is 55.0 Å². The Morgan fingerprint density at radius 2 is 1.68 bits per heavy atom. The van der Waals surface area contributed by atoms with Crippen LogP contribution in [0.25, 0.3) is 0 Å². The van der Waals surface area contributed by atoms with Gasteiger partial charge in [0.1, 0.15) is 6.04 Å². The lowest BCUT2D eigenvalue weighted by molar-refractivity contribution is -0.121. The molecule has 1 fully saturated rings. The summed E-state index contributed by atoms with van der Waals surface area (Å²) < 4.78 is 1.76. The Morgan fingerprint density at radius 3 is 2.36 bits per heavy atom. The molecule has 1 aliphatic heterocycles. The van der Waals surface area contributed by atoms with Crippen molar-refractivity contribution < 1.29 is 9.59 Å². The quantitative estimate of drug-likeness (QED) is 0.760. The molecule has 0 bridgehead atoms. The summed E-state index contributed by atoms with van der Waals surface area (Å²) >= 11 is 6.77. The number of amides is 2. The maximum atomic E-state index is 12.5. The van der Waals surface area contributed by atoms with Gasteiger partial charge in [-0.25, -0.2) is 4.90 Å². The Kier molecular flexibility index (Phi) is 4.31. The summed E-state index contributed by atoms with van der Waals surface area (Å²) in [6.07, 6.45) is 0.149. The second-order valence-corrected chi connectivity index (χ2v) is 6.69. The Morgan fingerprint density at radius 1 is 1.00 bits per heavy atom. The molecule has 0 aliphatic carbocycles. The van der Waals surface area contributed by atoms with E-state index in [1.54, 1.807) is 12.1 Å². The molecule has 1 heterocycles. The van der Waals surface area contributed by atoms with Crippen LogP contribution in [-0.2, 0) is 9.59 Å². The highest BCUT2D eigenvalue weighted by Crippen LogP contribution is 2.28. The van der Waals surface area contributed by atoms with Crippen LogP contribution in [0.2, 0.25) is 0 Å². The number of hydrogen-bond donors (Lipinski definition) is 1. The molecule has 1 N–H and O–H groups in total. The van der Waals surface area contributed by atoms with Crippen LogP contribution in [0.3, 0.4) is 0 Å². The Balaban J connectivity index is 1.82. The van der Waals surface area contributed by atoms with Gasteiger partial charge in [-0.2, -0.15) is 0 Å². The summed E-state index contributed by atoms with van der Waals surface area (Å²) in [4.78, 5) is 26.0. The number of halogens is 2. The van der Waals surface area contributed by atoms with E-state index >= 15 is 0 Å². The Bertz CT molecular complexity index is 731. The van der Waals surface area contributed by atoms with E-state index in [2.05, 4.69) is 37.2 Å². The van der Waals surface area contributed by atoms with Gasteiger partial charge < -0.3 is 5.32 Å². The molecular formula is C16H12Br2N2O2. The van der Waals surface area contributed by atoms with Crippen molar-refractivity contribution in [3.05, 3.63) is 57.5 Å². The first-order valence-corrected chi connectivity index (χ1v) is 8.28. The first-order valence-electron chi connectivity index (χ1n) is 6.69. The van der Waals surface area contributed by atoms with E-state index in [4.69, 9.17) is 0 Å². The molecule has 2 amide bonds. The molecule has 0 aromatic heterocycles. The maximum Gasteiger partial charge on any atom is 0.256 e. The fraction of sp³-hybridized carbons (Fsp3) is 0.125. The summed E-state index contributed by atoms with van der Waals surface area (Å²) in [5.41, 5.74) is 1.39. The highest BCUT2D eigenvalue weighted by atomic mass is 79.9. The molecule has 3 rings (SSSR count). The molecule has 1 aliphatic rings. The summed E-state index contributed by atoms with van der Waals surface area (Å²) in [5, 5.41) is 3.13. The number of carbonyl (C=O) groups is 2. The third-order valence-electron chi connectivity index (χ3n) is 3.44. The third-order valence-corrected chi connectivity index (χ3v) is 4.66. The minimum Gasteiger partial charge on any atom is -0.372 e. The second kappa shape index (κ2) is 6.22. The molecule has 4 nitrogen and oxygen atoms in total. The van der Waals surface area contributed by atoms with Crippen molar-refractivity contribution in [2.75, 3.05) is 10.2 Å². The van der Waals surface area contributed by atoms with E-state index in [1.807, 2.05) is 36.4 Å². The number of nitrogens with one attached hydrogen (secondary N) is 1.